The van der Waals surface area contributed by atoms with Crippen LogP contribution in [-0.4, -0.2) is 15.3 Å². The van der Waals surface area contributed by atoms with Crippen molar-refractivity contribution in [1.82, 2.24) is 9.55 Å². The molecule has 0 bridgehead atoms. The summed E-state index contributed by atoms with van der Waals surface area (Å²) in [5, 5.41) is 0. The summed E-state index contributed by atoms with van der Waals surface area (Å²) < 4.78 is 2.41. The molecule has 0 radical (unpaired) electrons. The number of nitrogens with zero attached hydrogens (tertiary/aromatic N) is 2. The highest BCUT2D eigenvalue weighted by molar-refractivity contribution is 7.80. The van der Waals surface area contributed by atoms with Crippen molar-refractivity contribution in [3.8, 4) is 0 Å². The van der Waals surface area contributed by atoms with Gasteiger partial charge >= 0.3 is 0 Å². The molecule has 0 spiro atoms. The smallest absolute Gasteiger partial charge is 0.106 e. The largest absolute Gasteiger partial charge is 0.332 e. The van der Waals surface area contributed by atoms with Gasteiger partial charge in [-0.3, -0.25) is 0 Å². The third kappa shape index (κ3) is 2.22. The Labute approximate surface area is 97.5 Å². The summed E-state index contributed by atoms with van der Waals surface area (Å²) >= 11 is 4.35. The van der Waals surface area contributed by atoms with Gasteiger partial charge in [-0.2, -0.15) is 12.6 Å². The number of hydrogen-bond acceptors (Lipinski definition) is 2. The van der Waals surface area contributed by atoms with Gasteiger partial charge in [0.15, 0.2) is 0 Å². The van der Waals surface area contributed by atoms with Crippen LogP contribution in [0.15, 0.2) is 0 Å². The van der Waals surface area contributed by atoms with Crippen molar-refractivity contribution in [2.75, 3.05) is 5.75 Å². The lowest BCUT2D eigenvalue weighted by molar-refractivity contribution is 0.498. The molecule has 84 valence electrons. The molecule has 3 heteroatoms. The van der Waals surface area contributed by atoms with Crippen molar-refractivity contribution in [3.63, 3.8) is 0 Å². The zero-order valence-corrected chi connectivity index (χ0v) is 10.6. The minimum atomic E-state index is 0.632. The number of aryl methyl sites for hydroxylation is 2. The SMILES string of the molecule is Cc1nc2c(n1CC(C)CS)CCCC2. The summed E-state index contributed by atoms with van der Waals surface area (Å²) in [5.74, 6) is 2.77. The highest BCUT2D eigenvalue weighted by atomic mass is 32.1. The minimum absolute atomic E-state index is 0.632. The fourth-order valence-corrected chi connectivity index (χ4v) is 2.46. The predicted octanol–water partition coefficient (Wildman–Crippen LogP) is 2.64. The van der Waals surface area contributed by atoms with E-state index in [2.05, 4.69) is 36.0 Å². The molecular weight excluding hydrogens is 204 g/mol. The molecule has 1 unspecified atom stereocenters. The normalized spacial score (nSPS) is 17.5. The summed E-state index contributed by atoms with van der Waals surface area (Å²) in [7, 11) is 0. The van der Waals surface area contributed by atoms with E-state index in [4.69, 9.17) is 0 Å². The van der Waals surface area contributed by atoms with Gasteiger partial charge in [0.1, 0.15) is 5.82 Å². The van der Waals surface area contributed by atoms with Crippen LogP contribution in [0.5, 0.6) is 0 Å². The van der Waals surface area contributed by atoms with Gasteiger partial charge in [0, 0.05) is 12.2 Å². The molecule has 0 fully saturated rings. The molecule has 1 aromatic heterocycles. The molecular formula is C12H20N2S. The highest BCUT2D eigenvalue weighted by Crippen LogP contribution is 2.23. The van der Waals surface area contributed by atoms with Crippen LogP contribution in [0.1, 0.15) is 37.0 Å². The van der Waals surface area contributed by atoms with E-state index >= 15 is 0 Å². The zero-order valence-electron chi connectivity index (χ0n) is 9.66. The Morgan fingerprint density at radius 1 is 1.40 bits per heavy atom. The van der Waals surface area contributed by atoms with Crippen LogP contribution in [-0.2, 0) is 19.4 Å². The average Bonchev–Trinajstić information content (AvgIpc) is 2.55. The summed E-state index contributed by atoms with van der Waals surface area (Å²) in [5.41, 5.74) is 2.84. The maximum absolute atomic E-state index is 4.68. The fourth-order valence-electron chi connectivity index (χ4n) is 2.35. The van der Waals surface area contributed by atoms with E-state index in [1.807, 2.05) is 0 Å². The van der Waals surface area contributed by atoms with Crippen molar-refractivity contribution in [1.29, 1.82) is 0 Å². The summed E-state index contributed by atoms with van der Waals surface area (Å²) in [6.07, 6.45) is 5.03. The lowest BCUT2D eigenvalue weighted by Crippen LogP contribution is -2.15. The van der Waals surface area contributed by atoms with Crippen LogP contribution >= 0.6 is 12.6 Å². The van der Waals surface area contributed by atoms with Crippen LogP contribution in [0.25, 0.3) is 0 Å². The molecule has 2 nitrogen and oxygen atoms in total. The number of hydrogen-bond donors (Lipinski definition) is 1. The van der Waals surface area contributed by atoms with Gasteiger partial charge < -0.3 is 4.57 Å². The van der Waals surface area contributed by atoms with Crippen LogP contribution in [0, 0.1) is 12.8 Å². The van der Waals surface area contributed by atoms with Crippen molar-refractivity contribution in [3.05, 3.63) is 17.2 Å². The first kappa shape index (κ1) is 11.1. The standard InChI is InChI=1S/C12H20N2S/c1-9(8-15)7-14-10(2)13-11-5-3-4-6-12(11)14/h9,15H,3-8H2,1-2H3. The van der Waals surface area contributed by atoms with Gasteiger partial charge in [-0.05, 0) is 44.3 Å². The average molecular weight is 224 g/mol. The van der Waals surface area contributed by atoms with Gasteiger partial charge in [-0.15, -0.1) is 0 Å². The molecule has 0 saturated carbocycles. The third-order valence-electron chi connectivity index (χ3n) is 3.23. The van der Waals surface area contributed by atoms with Crippen LogP contribution in [0.4, 0.5) is 0 Å². The Morgan fingerprint density at radius 2 is 2.13 bits per heavy atom. The van der Waals surface area contributed by atoms with Crippen molar-refractivity contribution in [2.45, 2.75) is 46.1 Å². The second-order valence-electron chi connectivity index (χ2n) is 4.66. The van der Waals surface area contributed by atoms with Crippen LogP contribution in [0.3, 0.4) is 0 Å². The van der Waals surface area contributed by atoms with Gasteiger partial charge in [0.2, 0.25) is 0 Å². The molecule has 0 aromatic carbocycles. The molecule has 1 aliphatic carbocycles. The third-order valence-corrected chi connectivity index (χ3v) is 3.85. The molecule has 0 amide bonds. The quantitative estimate of drug-likeness (QED) is 0.781. The zero-order chi connectivity index (χ0) is 10.8. The number of fused-ring (bicyclic) bond motifs is 1. The van der Waals surface area contributed by atoms with Crippen molar-refractivity contribution >= 4 is 12.6 Å². The van der Waals surface area contributed by atoms with Gasteiger partial charge in [0.25, 0.3) is 0 Å². The Morgan fingerprint density at radius 3 is 2.87 bits per heavy atom. The molecule has 0 saturated heterocycles. The van der Waals surface area contributed by atoms with Gasteiger partial charge in [0.05, 0.1) is 5.69 Å². The Bertz CT molecular complexity index is 344. The van der Waals surface area contributed by atoms with E-state index in [0.29, 0.717) is 5.92 Å². The number of thiol groups is 1. The van der Waals surface area contributed by atoms with Crippen LogP contribution in [0.2, 0.25) is 0 Å². The minimum Gasteiger partial charge on any atom is -0.332 e. The first-order chi connectivity index (χ1) is 7.22. The Hall–Kier alpha value is -0.440. The number of rotatable bonds is 3. The molecule has 15 heavy (non-hydrogen) atoms. The summed E-state index contributed by atoms with van der Waals surface area (Å²) in [6.45, 7) is 5.46. The second kappa shape index (κ2) is 4.60. The molecule has 0 N–H and O–H groups in total. The van der Waals surface area contributed by atoms with Gasteiger partial charge in [-0.1, -0.05) is 6.92 Å². The molecule has 1 atom stereocenters. The molecule has 1 aliphatic rings. The molecule has 0 aliphatic heterocycles. The van der Waals surface area contributed by atoms with E-state index in [9.17, 15) is 0 Å². The maximum atomic E-state index is 4.68. The first-order valence-electron chi connectivity index (χ1n) is 5.88. The lowest BCUT2D eigenvalue weighted by Gasteiger charge is -2.17. The second-order valence-corrected chi connectivity index (χ2v) is 5.02. The highest BCUT2D eigenvalue weighted by Gasteiger charge is 2.18. The summed E-state index contributed by atoms with van der Waals surface area (Å²) in [6, 6.07) is 0. The van der Waals surface area contributed by atoms with Gasteiger partial charge in [-0.25, -0.2) is 4.98 Å². The van der Waals surface area contributed by atoms with E-state index in [1.54, 1.807) is 0 Å². The first-order valence-corrected chi connectivity index (χ1v) is 6.51. The summed E-state index contributed by atoms with van der Waals surface area (Å²) in [4.78, 5) is 4.68. The van der Waals surface area contributed by atoms with Crippen LogP contribution < -0.4 is 0 Å². The number of aromatic nitrogens is 2. The Kier molecular flexibility index (Phi) is 3.39. The van der Waals surface area contributed by atoms with Crippen molar-refractivity contribution in [2.24, 2.45) is 5.92 Å². The molecule has 2 rings (SSSR count). The topological polar surface area (TPSA) is 17.8 Å². The lowest BCUT2D eigenvalue weighted by atomic mass is 10.0. The maximum Gasteiger partial charge on any atom is 0.106 e. The van der Waals surface area contributed by atoms with E-state index < -0.39 is 0 Å². The van der Waals surface area contributed by atoms with E-state index in [-0.39, 0.29) is 0 Å². The van der Waals surface area contributed by atoms with E-state index in [0.717, 1.165) is 12.3 Å². The number of imidazole rings is 1. The predicted molar refractivity (Wildman–Crippen MR) is 66.6 cm³/mol. The Balaban J connectivity index is 2.25. The molecule has 1 aromatic rings. The fraction of sp³-hybridized carbons (Fsp3) is 0.750. The monoisotopic (exact) mass is 224 g/mol. The van der Waals surface area contributed by atoms with Crippen molar-refractivity contribution < 1.29 is 0 Å². The van der Waals surface area contributed by atoms with E-state index in [1.165, 1.54) is 42.9 Å². The molecule has 1 heterocycles.